The molecule has 1 rings (SSSR count). The van der Waals surface area contributed by atoms with Gasteiger partial charge in [0.05, 0.1) is 11.6 Å². The molecule has 6 nitrogen and oxygen atoms in total. The Morgan fingerprint density at radius 2 is 1.82 bits per heavy atom. The number of benzene rings is 1. The molecule has 0 aliphatic carbocycles. The third-order valence-electron chi connectivity index (χ3n) is 1.72. The molecular weight excluding hydrogens is 244 g/mol. The van der Waals surface area contributed by atoms with E-state index in [0.29, 0.717) is 5.56 Å². The third kappa shape index (κ3) is 3.35. The van der Waals surface area contributed by atoms with Gasteiger partial charge in [0.2, 0.25) is 0 Å². The fraction of sp³-hybridized carbons (Fsp3) is 0.200. The molecule has 0 saturated carbocycles. The normalized spacial score (nSPS) is 11.2. The smallest absolute Gasteiger partial charge is 0.273 e. The van der Waals surface area contributed by atoms with E-state index in [1.54, 1.807) is 0 Å². The van der Waals surface area contributed by atoms with Crippen LogP contribution < -0.4 is 0 Å². The zero-order valence-corrected chi connectivity index (χ0v) is 10.1. The average molecular weight is 254 g/mol. The predicted molar refractivity (Wildman–Crippen MR) is 59.2 cm³/mol. The van der Waals surface area contributed by atoms with Crippen LogP contribution in [0, 0.1) is 11.3 Å². The first-order chi connectivity index (χ1) is 7.86. The summed E-state index contributed by atoms with van der Waals surface area (Å²) >= 11 is 0. The van der Waals surface area contributed by atoms with Crippen LogP contribution in [0.1, 0.15) is 15.9 Å². The maximum Gasteiger partial charge on any atom is 0.352 e. The average Bonchev–Trinajstić information content (AvgIpc) is 2.26. The zero-order chi connectivity index (χ0) is 13.1. The predicted octanol–water partition coefficient (Wildman–Crippen LogP) is 0.521. The Morgan fingerprint density at radius 3 is 2.24 bits per heavy atom. The molecule has 0 aliphatic rings. The van der Waals surface area contributed by atoms with Crippen molar-refractivity contribution in [3.63, 3.8) is 0 Å². The van der Waals surface area contributed by atoms with Gasteiger partial charge >= 0.3 is 15.2 Å². The summed E-state index contributed by atoms with van der Waals surface area (Å²) in [5.74, 6) is 0. The van der Waals surface area contributed by atoms with Crippen molar-refractivity contribution in [2.45, 2.75) is 0 Å². The number of nitrogens with zero attached hydrogens (tertiary/aromatic N) is 2. The molecular formula is C10H10N2O4S. The molecule has 0 aromatic heterocycles. The molecule has 0 aliphatic heterocycles. The Hall–Kier alpha value is -1.75. The second-order valence-corrected chi connectivity index (χ2v) is 4.75. The number of hydrogen-bond acceptors (Lipinski definition) is 6. The van der Waals surface area contributed by atoms with E-state index in [4.69, 9.17) is 5.26 Å². The lowest BCUT2D eigenvalue weighted by molar-refractivity contribution is 0.00530. The highest BCUT2D eigenvalue weighted by Gasteiger charge is 2.26. The highest BCUT2D eigenvalue weighted by molar-refractivity contribution is 8.02. The van der Waals surface area contributed by atoms with Crippen LogP contribution in [-0.2, 0) is 14.4 Å². The SMILES string of the molecule is CN(C)OS(=O)(=O)C(=O)c1ccc(C#N)cc1. The van der Waals surface area contributed by atoms with Crippen LogP contribution in [0.25, 0.3) is 0 Å². The Labute approximate surface area is 99.1 Å². The third-order valence-corrected chi connectivity index (χ3v) is 2.91. The molecule has 1 aromatic carbocycles. The Kier molecular flexibility index (Phi) is 3.96. The van der Waals surface area contributed by atoms with Crippen LogP contribution in [0.5, 0.6) is 0 Å². The maximum absolute atomic E-state index is 11.6. The quantitative estimate of drug-likeness (QED) is 0.731. The van der Waals surface area contributed by atoms with Gasteiger partial charge in [-0.3, -0.25) is 4.79 Å². The van der Waals surface area contributed by atoms with Gasteiger partial charge < -0.3 is 0 Å². The Bertz CT molecular complexity index is 555. The molecule has 17 heavy (non-hydrogen) atoms. The van der Waals surface area contributed by atoms with Crippen molar-refractivity contribution in [3.05, 3.63) is 35.4 Å². The van der Waals surface area contributed by atoms with Crippen molar-refractivity contribution >= 4 is 15.2 Å². The summed E-state index contributed by atoms with van der Waals surface area (Å²) in [5.41, 5.74) is 0.290. The van der Waals surface area contributed by atoms with Crippen LogP contribution in [-0.4, -0.2) is 32.7 Å². The van der Waals surface area contributed by atoms with Crippen molar-refractivity contribution in [1.82, 2.24) is 5.06 Å². The molecule has 0 radical (unpaired) electrons. The van der Waals surface area contributed by atoms with Gasteiger partial charge in [0.25, 0.3) is 0 Å². The van der Waals surface area contributed by atoms with E-state index in [9.17, 15) is 13.2 Å². The van der Waals surface area contributed by atoms with Gasteiger partial charge in [-0.25, -0.2) is 0 Å². The molecule has 90 valence electrons. The molecule has 0 unspecified atom stereocenters. The molecule has 0 N–H and O–H groups in total. The van der Waals surface area contributed by atoms with Gasteiger partial charge in [0.1, 0.15) is 0 Å². The fourth-order valence-electron chi connectivity index (χ4n) is 1.06. The topological polar surface area (TPSA) is 87.5 Å². The summed E-state index contributed by atoms with van der Waals surface area (Å²) < 4.78 is 27.2. The first-order valence-electron chi connectivity index (χ1n) is 4.53. The van der Waals surface area contributed by atoms with Gasteiger partial charge in [0, 0.05) is 19.7 Å². The van der Waals surface area contributed by atoms with Crippen molar-refractivity contribution < 1.29 is 17.5 Å². The molecule has 0 fully saturated rings. The van der Waals surface area contributed by atoms with E-state index < -0.39 is 15.2 Å². The maximum atomic E-state index is 11.6. The van der Waals surface area contributed by atoms with Gasteiger partial charge in [0.15, 0.2) is 0 Å². The number of hydrogen-bond donors (Lipinski definition) is 0. The van der Waals surface area contributed by atoms with Crippen LogP contribution in [0.2, 0.25) is 0 Å². The first-order valence-corrected chi connectivity index (χ1v) is 5.94. The number of rotatable bonds is 3. The van der Waals surface area contributed by atoms with Crippen molar-refractivity contribution in [2.75, 3.05) is 14.1 Å². The second-order valence-electron chi connectivity index (χ2n) is 3.32. The molecule has 0 saturated heterocycles. The summed E-state index contributed by atoms with van der Waals surface area (Å²) in [5, 5.41) is 8.33. The van der Waals surface area contributed by atoms with E-state index >= 15 is 0 Å². The van der Waals surface area contributed by atoms with Gasteiger partial charge in [-0.15, -0.1) is 0 Å². The van der Waals surface area contributed by atoms with Crippen LogP contribution in [0.3, 0.4) is 0 Å². The highest BCUT2D eigenvalue weighted by Crippen LogP contribution is 2.10. The van der Waals surface area contributed by atoms with E-state index in [1.165, 1.54) is 38.4 Å². The van der Waals surface area contributed by atoms with E-state index in [-0.39, 0.29) is 5.56 Å². The molecule has 0 heterocycles. The molecule has 0 bridgehead atoms. The Morgan fingerprint density at radius 1 is 1.29 bits per heavy atom. The largest absolute Gasteiger partial charge is 0.352 e. The molecule has 0 atom stereocenters. The lowest BCUT2D eigenvalue weighted by Gasteiger charge is -2.09. The lowest BCUT2D eigenvalue weighted by atomic mass is 10.2. The van der Waals surface area contributed by atoms with E-state index in [2.05, 4.69) is 4.28 Å². The number of nitriles is 1. The molecule has 0 amide bonds. The number of carbonyl (C=O) groups excluding carboxylic acids is 1. The number of hydroxylamine groups is 2. The minimum atomic E-state index is -4.33. The minimum Gasteiger partial charge on any atom is -0.273 e. The summed E-state index contributed by atoms with van der Waals surface area (Å²) in [7, 11) is -1.63. The molecule has 7 heteroatoms. The van der Waals surface area contributed by atoms with E-state index in [0.717, 1.165) is 5.06 Å². The summed E-state index contributed by atoms with van der Waals surface area (Å²) in [4.78, 5) is 11.6. The van der Waals surface area contributed by atoms with Gasteiger partial charge in [-0.2, -0.15) is 23.0 Å². The monoisotopic (exact) mass is 254 g/mol. The minimum absolute atomic E-state index is 0.0501. The van der Waals surface area contributed by atoms with Gasteiger partial charge in [-0.05, 0) is 24.3 Å². The van der Waals surface area contributed by atoms with E-state index in [1.807, 2.05) is 6.07 Å². The van der Waals surface area contributed by atoms with Crippen LogP contribution in [0.15, 0.2) is 24.3 Å². The van der Waals surface area contributed by atoms with Crippen LogP contribution >= 0.6 is 0 Å². The van der Waals surface area contributed by atoms with Gasteiger partial charge in [-0.1, -0.05) is 0 Å². The summed E-state index contributed by atoms with van der Waals surface area (Å²) in [6.45, 7) is 0. The fourth-order valence-corrected chi connectivity index (χ4v) is 1.94. The first kappa shape index (κ1) is 13.3. The summed E-state index contributed by atoms with van der Waals surface area (Å²) in [6.07, 6.45) is 0. The van der Waals surface area contributed by atoms with Crippen molar-refractivity contribution in [3.8, 4) is 6.07 Å². The number of carbonyl (C=O) groups is 1. The van der Waals surface area contributed by atoms with Crippen LogP contribution in [0.4, 0.5) is 0 Å². The zero-order valence-electron chi connectivity index (χ0n) is 9.25. The highest BCUT2D eigenvalue weighted by atomic mass is 32.2. The second kappa shape index (κ2) is 5.05. The summed E-state index contributed by atoms with van der Waals surface area (Å²) in [6, 6.07) is 7.11. The molecule has 0 spiro atoms. The Balaban J connectivity index is 3.01. The van der Waals surface area contributed by atoms with Crippen molar-refractivity contribution in [1.29, 1.82) is 5.26 Å². The lowest BCUT2D eigenvalue weighted by Crippen LogP contribution is -2.25. The standard InChI is InChI=1S/C10H10N2O4S/c1-12(2)16-17(14,15)10(13)9-5-3-8(7-11)4-6-9/h3-6H,1-2H3. The molecule has 1 aromatic rings. The van der Waals surface area contributed by atoms with Crippen molar-refractivity contribution in [2.24, 2.45) is 0 Å².